The van der Waals surface area contributed by atoms with Crippen LogP contribution in [-0.2, 0) is 9.59 Å². The lowest BCUT2D eigenvalue weighted by Gasteiger charge is -2.19. The molecule has 1 aliphatic carbocycles. The molecule has 2 aromatic rings. The first kappa shape index (κ1) is 20.3. The highest BCUT2D eigenvalue weighted by molar-refractivity contribution is 8.00. The summed E-state index contributed by atoms with van der Waals surface area (Å²) in [6.45, 7) is 1.98. The van der Waals surface area contributed by atoms with Gasteiger partial charge >= 0.3 is 0 Å². The number of nitrogens with one attached hydrogen (secondary N) is 2. The van der Waals surface area contributed by atoms with Gasteiger partial charge in [-0.05, 0) is 61.1 Å². The van der Waals surface area contributed by atoms with E-state index in [1.54, 1.807) is 7.11 Å². The van der Waals surface area contributed by atoms with Gasteiger partial charge in [0.25, 0.3) is 0 Å². The molecule has 1 unspecified atom stereocenters. The van der Waals surface area contributed by atoms with E-state index in [9.17, 15) is 9.59 Å². The molecule has 0 aliphatic heterocycles. The molecule has 1 fully saturated rings. The molecule has 2 amide bonds. The third-order valence-electron chi connectivity index (χ3n) is 4.65. The summed E-state index contributed by atoms with van der Waals surface area (Å²) in [7, 11) is 1.64. The first-order valence-corrected chi connectivity index (χ1v) is 10.6. The fourth-order valence-electron chi connectivity index (χ4n) is 3.09. The normalized spacial score (nSPS) is 14.2. The smallest absolute Gasteiger partial charge is 0.234 e. The van der Waals surface area contributed by atoms with Gasteiger partial charge in [-0.15, -0.1) is 11.8 Å². The predicted molar refractivity (Wildman–Crippen MR) is 114 cm³/mol. The molecule has 148 valence electrons. The Bertz CT molecular complexity index is 819. The summed E-state index contributed by atoms with van der Waals surface area (Å²) in [4.78, 5) is 24.4. The van der Waals surface area contributed by atoms with Gasteiger partial charge in [-0.3, -0.25) is 9.59 Å². The minimum absolute atomic E-state index is 0.0279. The largest absolute Gasteiger partial charge is 0.497 e. The third-order valence-corrected chi connectivity index (χ3v) is 5.59. The van der Waals surface area contributed by atoms with Crippen LogP contribution in [0.5, 0.6) is 5.75 Å². The summed E-state index contributed by atoms with van der Waals surface area (Å²) < 4.78 is 5.20. The monoisotopic (exact) mass is 398 g/mol. The second-order valence-electron chi connectivity index (χ2n) is 7.07. The van der Waals surface area contributed by atoms with Gasteiger partial charge in [-0.1, -0.05) is 24.3 Å². The Kier molecular flexibility index (Phi) is 6.98. The van der Waals surface area contributed by atoms with Crippen LogP contribution in [0.1, 0.15) is 30.0 Å². The number of hydrogen-bond acceptors (Lipinski definition) is 4. The van der Waals surface area contributed by atoms with Crippen molar-refractivity contribution in [2.45, 2.75) is 25.8 Å². The number of carbonyl (C=O) groups excluding carboxylic acids is 2. The average molecular weight is 399 g/mol. The number of rotatable bonds is 9. The van der Waals surface area contributed by atoms with Crippen LogP contribution < -0.4 is 15.4 Å². The van der Waals surface area contributed by atoms with E-state index in [1.807, 2.05) is 55.5 Å². The van der Waals surface area contributed by atoms with Gasteiger partial charge in [0, 0.05) is 5.69 Å². The Hall–Kier alpha value is -2.47. The number of hydrogen-bond donors (Lipinski definition) is 2. The molecule has 0 heterocycles. The molecule has 2 aromatic carbocycles. The number of ether oxygens (including phenoxy) is 1. The summed E-state index contributed by atoms with van der Waals surface area (Å²) in [5.41, 5.74) is 2.97. The van der Waals surface area contributed by atoms with Crippen LogP contribution in [0.2, 0.25) is 0 Å². The maximum absolute atomic E-state index is 12.4. The zero-order chi connectivity index (χ0) is 19.9. The van der Waals surface area contributed by atoms with Gasteiger partial charge in [0.2, 0.25) is 11.8 Å². The molecule has 0 bridgehead atoms. The highest BCUT2D eigenvalue weighted by atomic mass is 32.2. The molecule has 5 nitrogen and oxygen atoms in total. The molecule has 1 atom stereocenters. The topological polar surface area (TPSA) is 67.4 Å². The first-order valence-electron chi connectivity index (χ1n) is 9.42. The Morgan fingerprint density at radius 1 is 1.11 bits per heavy atom. The summed E-state index contributed by atoms with van der Waals surface area (Å²) in [5, 5.41) is 5.99. The highest BCUT2D eigenvalue weighted by Gasteiger charge is 2.33. The van der Waals surface area contributed by atoms with E-state index < -0.39 is 0 Å². The van der Waals surface area contributed by atoms with Crippen molar-refractivity contribution in [3.05, 3.63) is 59.7 Å². The molecule has 1 saturated carbocycles. The Morgan fingerprint density at radius 2 is 1.82 bits per heavy atom. The van der Waals surface area contributed by atoms with Crippen LogP contribution in [0.25, 0.3) is 0 Å². The van der Waals surface area contributed by atoms with Crippen molar-refractivity contribution in [2.75, 3.05) is 23.9 Å². The number of aryl methyl sites for hydroxylation is 1. The molecular weight excluding hydrogens is 372 g/mol. The lowest BCUT2D eigenvalue weighted by Crippen LogP contribution is -2.31. The summed E-state index contributed by atoms with van der Waals surface area (Å²) in [6, 6.07) is 15.5. The molecule has 6 heteroatoms. The number of benzene rings is 2. The van der Waals surface area contributed by atoms with Crippen molar-refractivity contribution >= 4 is 29.3 Å². The zero-order valence-corrected chi connectivity index (χ0v) is 17.1. The van der Waals surface area contributed by atoms with Gasteiger partial charge in [-0.25, -0.2) is 0 Å². The van der Waals surface area contributed by atoms with Crippen LogP contribution in [0.3, 0.4) is 0 Å². The second kappa shape index (κ2) is 9.64. The van der Waals surface area contributed by atoms with E-state index in [0.29, 0.717) is 5.92 Å². The molecule has 0 aromatic heterocycles. The Labute approximate surface area is 170 Å². The maximum Gasteiger partial charge on any atom is 0.234 e. The van der Waals surface area contributed by atoms with Crippen molar-refractivity contribution in [3.63, 3.8) is 0 Å². The van der Waals surface area contributed by atoms with E-state index >= 15 is 0 Å². The number of carbonyl (C=O) groups is 2. The number of thioether (sulfide) groups is 1. The minimum Gasteiger partial charge on any atom is -0.497 e. The van der Waals surface area contributed by atoms with E-state index in [4.69, 9.17) is 4.74 Å². The van der Waals surface area contributed by atoms with E-state index in [2.05, 4.69) is 10.6 Å². The highest BCUT2D eigenvalue weighted by Crippen LogP contribution is 2.41. The number of amides is 2. The Morgan fingerprint density at radius 3 is 2.46 bits per heavy atom. The van der Waals surface area contributed by atoms with Crippen LogP contribution >= 0.6 is 11.8 Å². The minimum atomic E-state index is -0.0997. The van der Waals surface area contributed by atoms with Gasteiger partial charge < -0.3 is 15.4 Å². The fourth-order valence-corrected chi connectivity index (χ4v) is 3.71. The number of methoxy groups -OCH3 is 1. The third kappa shape index (κ3) is 6.02. The molecule has 0 saturated heterocycles. The van der Waals surface area contributed by atoms with Crippen molar-refractivity contribution in [1.82, 2.24) is 5.32 Å². The van der Waals surface area contributed by atoms with Crippen LogP contribution in [0, 0.1) is 12.8 Å². The Balaban J connectivity index is 1.45. The SMILES string of the molecule is COc1ccc(C(NC(=O)CSCC(=O)Nc2cccc(C)c2)C2CC2)cc1. The van der Waals surface area contributed by atoms with Crippen molar-refractivity contribution < 1.29 is 14.3 Å². The predicted octanol–water partition coefficient (Wildman–Crippen LogP) is 3.94. The van der Waals surface area contributed by atoms with Gasteiger partial charge in [0.1, 0.15) is 5.75 Å². The van der Waals surface area contributed by atoms with Gasteiger partial charge in [0.15, 0.2) is 0 Å². The van der Waals surface area contributed by atoms with Crippen molar-refractivity contribution in [3.8, 4) is 5.75 Å². The van der Waals surface area contributed by atoms with Crippen molar-refractivity contribution in [2.24, 2.45) is 5.92 Å². The quantitative estimate of drug-likeness (QED) is 0.671. The molecule has 0 radical (unpaired) electrons. The van der Waals surface area contributed by atoms with E-state index in [0.717, 1.165) is 35.4 Å². The number of anilines is 1. The average Bonchev–Trinajstić information content (AvgIpc) is 3.51. The lowest BCUT2D eigenvalue weighted by atomic mass is 10.0. The molecule has 0 spiro atoms. The zero-order valence-electron chi connectivity index (χ0n) is 16.2. The van der Waals surface area contributed by atoms with Gasteiger partial charge in [-0.2, -0.15) is 0 Å². The molecule has 1 aliphatic rings. The van der Waals surface area contributed by atoms with Crippen LogP contribution in [0.15, 0.2) is 48.5 Å². The molecule has 2 N–H and O–H groups in total. The molecule has 3 rings (SSSR count). The van der Waals surface area contributed by atoms with Crippen molar-refractivity contribution in [1.29, 1.82) is 0 Å². The van der Waals surface area contributed by atoms with E-state index in [-0.39, 0.29) is 29.4 Å². The second-order valence-corrected chi connectivity index (χ2v) is 8.05. The lowest BCUT2D eigenvalue weighted by molar-refractivity contribution is -0.119. The standard InChI is InChI=1S/C22H26N2O3S/c1-15-4-3-5-18(12-15)23-20(25)13-28-14-21(26)24-22(16-6-7-16)17-8-10-19(27-2)11-9-17/h3-5,8-12,16,22H,6-7,13-14H2,1-2H3,(H,23,25)(H,24,26). The van der Waals surface area contributed by atoms with Crippen LogP contribution in [-0.4, -0.2) is 30.4 Å². The maximum atomic E-state index is 12.4. The first-order chi connectivity index (χ1) is 13.5. The van der Waals surface area contributed by atoms with Gasteiger partial charge in [0.05, 0.1) is 24.7 Å². The fraction of sp³-hybridized carbons (Fsp3) is 0.364. The summed E-state index contributed by atoms with van der Waals surface area (Å²) in [5.74, 6) is 1.67. The van der Waals surface area contributed by atoms with Crippen LogP contribution in [0.4, 0.5) is 5.69 Å². The van der Waals surface area contributed by atoms with E-state index in [1.165, 1.54) is 11.8 Å². The molecular formula is C22H26N2O3S. The summed E-state index contributed by atoms with van der Waals surface area (Å²) >= 11 is 1.32. The molecule has 28 heavy (non-hydrogen) atoms. The summed E-state index contributed by atoms with van der Waals surface area (Å²) in [6.07, 6.45) is 2.26.